The van der Waals surface area contributed by atoms with Crippen molar-refractivity contribution in [3.63, 3.8) is 0 Å². The van der Waals surface area contributed by atoms with Gasteiger partial charge in [0.25, 0.3) is 5.91 Å². The zero-order chi connectivity index (χ0) is 18.2. The van der Waals surface area contributed by atoms with Crippen molar-refractivity contribution in [2.24, 2.45) is 4.99 Å². The highest BCUT2D eigenvalue weighted by Gasteiger charge is 2.08. The molecule has 0 N–H and O–H groups in total. The Kier molecular flexibility index (Phi) is 7.05. The summed E-state index contributed by atoms with van der Waals surface area (Å²) in [6.07, 6.45) is 0. The van der Waals surface area contributed by atoms with Crippen LogP contribution in [-0.4, -0.2) is 29.4 Å². The SMILES string of the molecule is CCOCCn1c(=NC(=O)CSCc2ccccc2)sc2ccccc21. The maximum atomic E-state index is 12.3. The third-order valence-corrected chi connectivity index (χ3v) is 5.86. The highest BCUT2D eigenvalue weighted by molar-refractivity contribution is 7.99. The van der Waals surface area contributed by atoms with Crippen molar-refractivity contribution in [3.05, 3.63) is 65.0 Å². The van der Waals surface area contributed by atoms with Gasteiger partial charge in [-0.3, -0.25) is 4.79 Å². The molecule has 4 nitrogen and oxygen atoms in total. The molecule has 136 valence electrons. The van der Waals surface area contributed by atoms with Crippen molar-refractivity contribution in [1.29, 1.82) is 0 Å². The molecular formula is C20H22N2O2S2. The monoisotopic (exact) mass is 386 g/mol. The molecule has 1 heterocycles. The summed E-state index contributed by atoms with van der Waals surface area (Å²) in [5, 5.41) is 0. The van der Waals surface area contributed by atoms with Gasteiger partial charge in [0.2, 0.25) is 0 Å². The molecular weight excluding hydrogens is 364 g/mol. The van der Waals surface area contributed by atoms with Crippen molar-refractivity contribution < 1.29 is 9.53 Å². The molecule has 0 aliphatic carbocycles. The Balaban J connectivity index is 1.72. The maximum absolute atomic E-state index is 12.3. The molecule has 3 aromatic rings. The number of fused-ring (bicyclic) bond motifs is 1. The minimum Gasteiger partial charge on any atom is -0.380 e. The van der Waals surface area contributed by atoms with Crippen molar-refractivity contribution in [2.75, 3.05) is 19.0 Å². The highest BCUT2D eigenvalue weighted by atomic mass is 32.2. The fraction of sp³-hybridized carbons (Fsp3) is 0.300. The summed E-state index contributed by atoms with van der Waals surface area (Å²) in [5.74, 6) is 1.11. The minimum atomic E-state index is -0.0948. The Morgan fingerprint density at radius 2 is 1.92 bits per heavy atom. The van der Waals surface area contributed by atoms with Gasteiger partial charge in [-0.15, -0.1) is 11.8 Å². The molecule has 0 atom stereocenters. The fourth-order valence-electron chi connectivity index (χ4n) is 2.59. The first kappa shape index (κ1) is 18.9. The lowest BCUT2D eigenvalue weighted by Crippen LogP contribution is -2.20. The standard InChI is InChI=1S/C20H22N2O2S2/c1-2-24-13-12-22-17-10-6-7-11-18(17)26-20(22)21-19(23)15-25-14-16-8-4-3-5-9-16/h3-11H,2,12-15H2,1H3. The van der Waals surface area contributed by atoms with Gasteiger partial charge in [-0.1, -0.05) is 53.8 Å². The van der Waals surface area contributed by atoms with Gasteiger partial charge in [0.1, 0.15) is 0 Å². The first-order valence-corrected chi connectivity index (χ1v) is 10.6. The van der Waals surface area contributed by atoms with E-state index >= 15 is 0 Å². The number of aromatic nitrogens is 1. The molecule has 1 amide bonds. The van der Waals surface area contributed by atoms with Crippen LogP contribution in [0.5, 0.6) is 0 Å². The normalized spacial score (nSPS) is 12.0. The molecule has 0 aliphatic heterocycles. The van der Waals surface area contributed by atoms with E-state index < -0.39 is 0 Å². The average Bonchev–Trinajstić information content (AvgIpc) is 3.00. The number of hydrogen-bond acceptors (Lipinski definition) is 4. The summed E-state index contributed by atoms with van der Waals surface area (Å²) in [5.41, 5.74) is 2.32. The molecule has 0 spiro atoms. The molecule has 0 saturated heterocycles. The number of para-hydroxylation sites is 1. The van der Waals surface area contributed by atoms with Crippen molar-refractivity contribution >= 4 is 39.2 Å². The van der Waals surface area contributed by atoms with Crippen LogP contribution in [-0.2, 0) is 21.8 Å². The maximum Gasteiger partial charge on any atom is 0.258 e. The molecule has 1 aromatic heterocycles. The number of rotatable bonds is 8. The smallest absolute Gasteiger partial charge is 0.258 e. The number of nitrogens with zero attached hydrogens (tertiary/aromatic N) is 2. The number of amides is 1. The van der Waals surface area contributed by atoms with Crippen LogP contribution in [0.2, 0.25) is 0 Å². The van der Waals surface area contributed by atoms with Crippen molar-refractivity contribution in [1.82, 2.24) is 4.57 Å². The topological polar surface area (TPSA) is 43.6 Å². The second-order valence-corrected chi connectivity index (χ2v) is 7.68. The zero-order valence-corrected chi connectivity index (χ0v) is 16.4. The Labute approximate surface area is 161 Å². The Morgan fingerprint density at radius 3 is 2.73 bits per heavy atom. The molecule has 2 aromatic carbocycles. The number of ether oxygens (including phenoxy) is 1. The molecule has 0 unspecified atom stereocenters. The van der Waals surface area contributed by atoms with Gasteiger partial charge in [-0.05, 0) is 24.6 Å². The Morgan fingerprint density at radius 1 is 1.15 bits per heavy atom. The lowest BCUT2D eigenvalue weighted by molar-refractivity contribution is -0.115. The number of benzene rings is 2. The zero-order valence-electron chi connectivity index (χ0n) is 14.8. The predicted octanol–water partition coefficient (Wildman–Crippen LogP) is 4.10. The van der Waals surface area contributed by atoms with E-state index in [9.17, 15) is 4.79 Å². The summed E-state index contributed by atoms with van der Waals surface area (Å²) in [7, 11) is 0. The van der Waals surface area contributed by atoms with Gasteiger partial charge in [-0.25, -0.2) is 0 Å². The summed E-state index contributed by atoms with van der Waals surface area (Å²) < 4.78 is 8.69. The number of carbonyl (C=O) groups is 1. The largest absolute Gasteiger partial charge is 0.380 e. The van der Waals surface area contributed by atoms with E-state index in [-0.39, 0.29) is 5.91 Å². The van der Waals surface area contributed by atoms with Gasteiger partial charge in [-0.2, -0.15) is 4.99 Å². The predicted molar refractivity (Wildman–Crippen MR) is 109 cm³/mol. The first-order chi connectivity index (χ1) is 12.8. The second kappa shape index (κ2) is 9.71. The van der Waals surface area contributed by atoms with E-state index in [0.717, 1.165) is 20.8 Å². The molecule has 3 rings (SSSR count). The third-order valence-electron chi connectivity index (χ3n) is 3.81. The average molecular weight is 387 g/mol. The van der Waals surface area contributed by atoms with E-state index in [0.29, 0.717) is 25.5 Å². The van der Waals surface area contributed by atoms with Gasteiger partial charge in [0.15, 0.2) is 4.80 Å². The molecule has 26 heavy (non-hydrogen) atoms. The van der Waals surface area contributed by atoms with Crippen LogP contribution in [0.1, 0.15) is 12.5 Å². The number of thioether (sulfide) groups is 1. The van der Waals surface area contributed by atoms with Crippen LogP contribution in [0.4, 0.5) is 0 Å². The van der Waals surface area contributed by atoms with Gasteiger partial charge >= 0.3 is 0 Å². The second-order valence-electron chi connectivity index (χ2n) is 5.68. The van der Waals surface area contributed by atoms with Crippen molar-refractivity contribution in [2.45, 2.75) is 19.2 Å². The minimum absolute atomic E-state index is 0.0948. The lowest BCUT2D eigenvalue weighted by atomic mass is 10.2. The van der Waals surface area contributed by atoms with Gasteiger partial charge in [0.05, 0.1) is 22.6 Å². The van der Waals surface area contributed by atoms with Crippen LogP contribution in [0, 0.1) is 0 Å². The summed E-state index contributed by atoms with van der Waals surface area (Å²) in [6.45, 7) is 3.97. The van der Waals surface area contributed by atoms with E-state index in [1.807, 2.05) is 37.3 Å². The molecule has 0 fully saturated rings. The summed E-state index contributed by atoms with van der Waals surface area (Å²) in [6, 6.07) is 18.3. The van der Waals surface area contributed by atoms with Crippen LogP contribution < -0.4 is 4.80 Å². The van der Waals surface area contributed by atoms with E-state index in [1.54, 1.807) is 23.1 Å². The van der Waals surface area contributed by atoms with Crippen LogP contribution in [0.25, 0.3) is 10.2 Å². The number of thiazole rings is 1. The van der Waals surface area contributed by atoms with E-state index in [4.69, 9.17) is 4.74 Å². The fourth-order valence-corrected chi connectivity index (χ4v) is 4.43. The highest BCUT2D eigenvalue weighted by Crippen LogP contribution is 2.17. The van der Waals surface area contributed by atoms with E-state index in [2.05, 4.69) is 33.8 Å². The quantitative estimate of drug-likeness (QED) is 0.548. The Hall–Kier alpha value is -1.89. The van der Waals surface area contributed by atoms with Crippen molar-refractivity contribution in [3.8, 4) is 0 Å². The number of carbonyl (C=O) groups excluding carboxylic acids is 1. The number of hydrogen-bond donors (Lipinski definition) is 0. The van der Waals surface area contributed by atoms with Crippen LogP contribution in [0.15, 0.2) is 59.6 Å². The lowest BCUT2D eigenvalue weighted by Gasteiger charge is -2.05. The third kappa shape index (κ3) is 5.06. The Bertz CT molecular complexity index is 916. The van der Waals surface area contributed by atoms with Crippen LogP contribution >= 0.6 is 23.1 Å². The van der Waals surface area contributed by atoms with Crippen LogP contribution in [0.3, 0.4) is 0 Å². The molecule has 6 heteroatoms. The molecule has 0 aliphatic rings. The first-order valence-electron chi connectivity index (χ1n) is 8.63. The molecule has 0 bridgehead atoms. The van der Waals surface area contributed by atoms with Gasteiger partial charge in [0, 0.05) is 18.9 Å². The summed E-state index contributed by atoms with van der Waals surface area (Å²) in [4.78, 5) is 17.5. The van der Waals surface area contributed by atoms with E-state index in [1.165, 1.54) is 5.56 Å². The molecule has 0 radical (unpaired) electrons. The molecule has 0 saturated carbocycles. The summed E-state index contributed by atoms with van der Waals surface area (Å²) >= 11 is 3.15. The van der Waals surface area contributed by atoms with Gasteiger partial charge < -0.3 is 9.30 Å².